The van der Waals surface area contributed by atoms with Crippen LogP contribution in [0.25, 0.3) is 5.69 Å². The maximum Gasteiger partial charge on any atom is 0.278 e. The van der Waals surface area contributed by atoms with E-state index in [1.54, 1.807) is 24.6 Å². The van der Waals surface area contributed by atoms with Gasteiger partial charge in [0.25, 0.3) is 5.56 Å². The number of nitrogens with zero attached hydrogens (tertiary/aromatic N) is 5. The van der Waals surface area contributed by atoms with Gasteiger partial charge in [-0.05, 0) is 68.7 Å². The van der Waals surface area contributed by atoms with Crippen molar-refractivity contribution in [2.75, 3.05) is 42.1 Å². The van der Waals surface area contributed by atoms with Crippen molar-refractivity contribution in [1.82, 2.24) is 14.3 Å². The van der Waals surface area contributed by atoms with Crippen LogP contribution in [-0.2, 0) is 12.1 Å². The van der Waals surface area contributed by atoms with Gasteiger partial charge in [-0.2, -0.15) is 0 Å². The van der Waals surface area contributed by atoms with Crippen LogP contribution in [0.15, 0.2) is 83.4 Å². The van der Waals surface area contributed by atoms with Gasteiger partial charge in [0.15, 0.2) is 0 Å². The highest BCUT2D eigenvalue weighted by Crippen LogP contribution is 2.29. The molecule has 2 fully saturated rings. The molecular weight excluding hydrogens is 502 g/mol. The minimum atomic E-state index is -1.04. The first-order valence-corrected chi connectivity index (χ1v) is 13.8. The molecule has 2 aromatic carbocycles. The van der Waals surface area contributed by atoms with E-state index in [-0.39, 0.29) is 23.5 Å². The number of nitrogens with one attached hydrogen (secondary N) is 1. The molecule has 0 bridgehead atoms. The number of nitrogens with two attached hydrogens (primary N) is 1. The van der Waals surface area contributed by atoms with Crippen LogP contribution in [0.1, 0.15) is 37.8 Å². The molecule has 9 nitrogen and oxygen atoms in total. The lowest BCUT2D eigenvalue weighted by molar-refractivity contribution is 0.0786. The highest BCUT2D eigenvalue weighted by Gasteiger charge is 2.31. The Morgan fingerprint density at radius 1 is 1.12 bits per heavy atom. The molecule has 5 rings (SSSR count). The molecule has 0 amide bonds. The van der Waals surface area contributed by atoms with Gasteiger partial charge >= 0.3 is 0 Å². The average Bonchev–Trinajstić information content (AvgIpc) is 3.75. The smallest absolute Gasteiger partial charge is 0.278 e. The van der Waals surface area contributed by atoms with Crippen LogP contribution in [0.4, 0.5) is 17.2 Å². The fourth-order valence-electron chi connectivity index (χ4n) is 5.17. The molecule has 1 saturated heterocycles. The quantitative estimate of drug-likeness (QED) is 0.266. The van der Waals surface area contributed by atoms with E-state index in [1.807, 2.05) is 36.4 Å². The summed E-state index contributed by atoms with van der Waals surface area (Å²) in [4.78, 5) is 22.7. The predicted octanol–water partition coefficient (Wildman–Crippen LogP) is 3.92. The first-order chi connectivity index (χ1) is 19.2. The van der Waals surface area contributed by atoms with Gasteiger partial charge in [-0.25, -0.2) is 14.4 Å². The molecule has 1 aromatic heterocycles. The Balaban J connectivity index is 1.29. The van der Waals surface area contributed by atoms with Crippen molar-refractivity contribution in [3.63, 3.8) is 0 Å². The molecular formula is C31H39N7O2. The Labute approximate surface area is 235 Å². The third-order valence-electron chi connectivity index (χ3n) is 7.56. The normalized spacial score (nSPS) is 16.4. The van der Waals surface area contributed by atoms with Gasteiger partial charge in [0.05, 0.1) is 17.8 Å². The van der Waals surface area contributed by atoms with Crippen LogP contribution in [0.3, 0.4) is 0 Å². The van der Waals surface area contributed by atoms with Gasteiger partial charge < -0.3 is 21.1 Å². The van der Waals surface area contributed by atoms with Crippen molar-refractivity contribution in [3.05, 3.63) is 95.1 Å². The number of hydrogen-bond donors (Lipinski definition) is 3. The Kier molecular flexibility index (Phi) is 7.69. The molecule has 0 spiro atoms. The Hall–Kier alpha value is -4.08. The number of aliphatic hydroxyl groups is 1. The number of rotatable bonds is 10. The van der Waals surface area contributed by atoms with E-state index in [0.717, 1.165) is 37.9 Å². The van der Waals surface area contributed by atoms with E-state index in [9.17, 15) is 9.90 Å². The zero-order valence-corrected chi connectivity index (χ0v) is 23.4. The second kappa shape index (κ2) is 11.2. The highest BCUT2D eigenvalue weighted by molar-refractivity contribution is 5.86. The van der Waals surface area contributed by atoms with E-state index >= 15 is 0 Å². The topological polar surface area (TPSA) is 104 Å². The van der Waals surface area contributed by atoms with E-state index in [2.05, 4.69) is 45.4 Å². The molecule has 1 saturated carbocycles. The average molecular weight is 542 g/mol. The molecule has 2 heterocycles. The molecule has 4 N–H and O–H groups in total. The first-order valence-electron chi connectivity index (χ1n) is 13.8. The maximum atomic E-state index is 13.3. The number of aliphatic imine (C=N–C) groups is 1. The zero-order valence-electron chi connectivity index (χ0n) is 23.4. The minimum Gasteiger partial charge on any atom is -0.386 e. The summed E-state index contributed by atoms with van der Waals surface area (Å²) in [5.41, 5.74) is 8.81. The number of hydrogen-bond acceptors (Lipinski definition) is 7. The third kappa shape index (κ3) is 5.90. The Morgan fingerprint density at radius 3 is 2.45 bits per heavy atom. The Morgan fingerprint density at radius 2 is 1.82 bits per heavy atom. The van der Waals surface area contributed by atoms with Crippen molar-refractivity contribution in [2.24, 2.45) is 4.99 Å². The second-order valence-corrected chi connectivity index (χ2v) is 11.0. The lowest BCUT2D eigenvalue weighted by atomic mass is 9.98. The molecule has 0 unspecified atom stereocenters. The molecule has 210 valence electrons. The number of piperazine rings is 1. The highest BCUT2D eigenvalue weighted by atomic mass is 16.3. The van der Waals surface area contributed by atoms with Gasteiger partial charge in [-0.15, -0.1) is 6.58 Å². The predicted molar refractivity (Wildman–Crippen MR) is 163 cm³/mol. The number of benzene rings is 2. The van der Waals surface area contributed by atoms with Crippen LogP contribution >= 0.6 is 0 Å². The van der Waals surface area contributed by atoms with Crippen LogP contribution in [0.5, 0.6) is 0 Å². The van der Waals surface area contributed by atoms with Gasteiger partial charge in [-0.3, -0.25) is 9.69 Å². The fraction of sp³-hybridized carbons (Fsp3) is 0.355. The fourth-order valence-corrected chi connectivity index (χ4v) is 5.17. The summed E-state index contributed by atoms with van der Waals surface area (Å²) in [5, 5.41) is 13.7. The van der Waals surface area contributed by atoms with Crippen molar-refractivity contribution in [3.8, 4) is 5.69 Å². The lowest BCUT2D eigenvalue weighted by Gasteiger charge is -2.36. The van der Waals surface area contributed by atoms with E-state index in [4.69, 9.17) is 5.73 Å². The largest absolute Gasteiger partial charge is 0.386 e. The van der Waals surface area contributed by atoms with Crippen LogP contribution in [0.2, 0.25) is 0 Å². The van der Waals surface area contributed by atoms with Crippen molar-refractivity contribution < 1.29 is 5.11 Å². The van der Waals surface area contributed by atoms with Gasteiger partial charge in [0.2, 0.25) is 0 Å². The number of anilines is 3. The molecule has 40 heavy (non-hydrogen) atoms. The maximum absolute atomic E-state index is 13.3. The van der Waals surface area contributed by atoms with E-state index in [0.29, 0.717) is 17.1 Å². The summed E-state index contributed by atoms with van der Waals surface area (Å²) in [6.45, 7) is 15.8. The van der Waals surface area contributed by atoms with Crippen molar-refractivity contribution in [1.29, 1.82) is 0 Å². The van der Waals surface area contributed by atoms with Gasteiger partial charge in [-0.1, -0.05) is 24.8 Å². The molecule has 9 heteroatoms. The molecule has 2 aliphatic rings. The van der Waals surface area contributed by atoms with Crippen molar-refractivity contribution in [2.45, 2.75) is 44.9 Å². The van der Waals surface area contributed by atoms with Crippen molar-refractivity contribution >= 4 is 23.4 Å². The summed E-state index contributed by atoms with van der Waals surface area (Å²) < 4.78 is 3.12. The lowest BCUT2D eigenvalue weighted by Crippen LogP contribution is -2.47. The number of aromatic nitrogens is 2. The number of nitrogen functional groups attached to an aromatic ring is 1. The second-order valence-electron chi connectivity index (χ2n) is 11.0. The minimum absolute atomic E-state index is 0.238. The van der Waals surface area contributed by atoms with Gasteiger partial charge in [0.1, 0.15) is 17.2 Å². The molecule has 0 radical (unpaired) electrons. The van der Waals surface area contributed by atoms with Crippen LogP contribution in [-0.4, -0.2) is 57.8 Å². The number of allylic oxidation sites excluding steroid dienone is 1. The van der Waals surface area contributed by atoms with Crippen LogP contribution < -0.4 is 21.5 Å². The monoisotopic (exact) mass is 541 g/mol. The SMILES string of the molecule is C=CCn1c(=O)c(C=NC(=C)Nc2ccc(N3CCN(C4CC4)CC3)cc2)c(N)n1-c1cccc(C(C)(C)O)c1. The summed E-state index contributed by atoms with van der Waals surface area (Å²) in [7, 11) is 0. The molecule has 0 atom stereocenters. The Bertz CT molecular complexity index is 1460. The van der Waals surface area contributed by atoms with E-state index < -0.39 is 5.60 Å². The molecule has 1 aliphatic carbocycles. The van der Waals surface area contributed by atoms with Crippen LogP contribution in [0, 0.1) is 0 Å². The standard InChI is InChI=1S/C31H39N7O2/c1-5-15-37-30(39)28(29(32)38(37)27-8-6-7-23(20-27)31(3,4)40)21-33-22(2)34-24-9-11-25(12-10-24)35-16-18-36(19-17-35)26-13-14-26/h5-12,20-21,26,34,40H,1-2,13-19,32H2,3-4H3. The third-order valence-corrected chi connectivity index (χ3v) is 7.56. The summed E-state index contributed by atoms with van der Waals surface area (Å²) >= 11 is 0. The van der Waals surface area contributed by atoms with E-state index in [1.165, 1.54) is 29.4 Å². The zero-order chi connectivity index (χ0) is 28.4. The summed E-state index contributed by atoms with van der Waals surface area (Å²) in [5.74, 6) is 0.624. The van der Waals surface area contributed by atoms with Gasteiger partial charge in [0, 0.05) is 49.8 Å². The molecule has 3 aromatic rings. The molecule has 1 aliphatic heterocycles. The summed E-state index contributed by atoms with van der Waals surface area (Å²) in [6.07, 6.45) is 5.78. The summed E-state index contributed by atoms with van der Waals surface area (Å²) in [6, 6.07) is 16.4. The first kappa shape index (κ1) is 27.5.